The molecule has 0 bridgehead atoms. The van der Waals surface area contributed by atoms with Crippen molar-refractivity contribution in [1.82, 2.24) is 0 Å². The number of alkyl halides is 5. The fraction of sp³-hybridized carbons (Fsp3) is 0.379. The number of benzene rings is 3. The first-order valence-corrected chi connectivity index (χ1v) is 12.4. The molecule has 4 rings (SSSR count). The molecule has 1 aliphatic rings. The second-order valence-corrected chi connectivity index (χ2v) is 9.71. The summed E-state index contributed by atoms with van der Waals surface area (Å²) in [6.45, 7) is 2.12. The van der Waals surface area contributed by atoms with E-state index in [-0.39, 0.29) is 17.0 Å². The SMILES string of the molecule is CCCCC1CCC(c2ccc(C(F)(F)Oc3ccc(-c4ccc(C(F)(F)F)c(F)c4)c(F)c3)c(F)c2)C1. The molecule has 0 amide bonds. The fourth-order valence-electron chi connectivity index (χ4n) is 5.06. The Bertz CT molecular complexity index is 1280. The Morgan fingerprint density at radius 3 is 2.13 bits per heavy atom. The Morgan fingerprint density at radius 1 is 0.789 bits per heavy atom. The standard InChI is InChI=1S/C29H26F8O/c1-2-3-4-17-5-6-18(13-17)19-7-12-24(27(32)14-19)29(36,37)38-21-9-10-22(25(30)16-21)20-8-11-23(26(31)15-20)28(33,34)35/h7-12,14-18H,2-6,13H2,1H3. The van der Waals surface area contributed by atoms with E-state index >= 15 is 0 Å². The van der Waals surface area contributed by atoms with Crippen LogP contribution >= 0.6 is 0 Å². The lowest BCUT2D eigenvalue weighted by molar-refractivity contribution is -0.187. The monoisotopic (exact) mass is 542 g/mol. The fourth-order valence-corrected chi connectivity index (χ4v) is 5.06. The molecule has 1 fully saturated rings. The zero-order valence-electron chi connectivity index (χ0n) is 20.5. The van der Waals surface area contributed by atoms with E-state index in [1.807, 2.05) is 0 Å². The lowest BCUT2D eigenvalue weighted by Gasteiger charge is -2.20. The smallest absolute Gasteiger partial charge is 0.429 e. The van der Waals surface area contributed by atoms with Gasteiger partial charge in [0.05, 0.1) is 11.1 Å². The van der Waals surface area contributed by atoms with Crippen LogP contribution in [0, 0.1) is 23.4 Å². The van der Waals surface area contributed by atoms with E-state index < -0.39 is 46.6 Å². The maximum absolute atomic E-state index is 14.8. The van der Waals surface area contributed by atoms with Crippen LogP contribution in [0.1, 0.15) is 68.1 Å². The molecule has 1 saturated carbocycles. The number of unbranched alkanes of at least 4 members (excludes halogenated alkanes) is 1. The van der Waals surface area contributed by atoms with E-state index in [4.69, 9.17) is 0 Å². The highest BCUT2D eigenvalue weighted by molar-refractivity contribution is 5.65. The Labute approximate surface area is 215 Å². The van der Waals surface area contributed by atoms with Crippen molar-refractivity contribution in [2.75, 3.05) is 0 Å². The summed E-state index contributed by atoms with van der Waals surface area (Å²) in [6, 6.07) is 7.87. The molecular weight excluding hydrogens is 516 g/mol. The molecule has 3 aromatic carbocycles. The molecule has 1 nitrogen and oxygen atoms in total. The molecule has 0 spiro atoms. The molecule has 3 aromatic rings. The predicted octanol–water partition coefficient (Wildman–Crippen LogP) is 9.99. The van der Waals surface area contributed by atoms with Gasteiger partial charge in [-0.25, -0.2) is 13.2 Å². The van der Waals surface area contributed by atoms with E-state index in [0.29, 0.717) is 29.7 Å². The maximum Gasteiger partial charge on any atom is 0.429 e. The van der Waals surface area contributed by atoms with Gasteiger partial charge in [-0.1, -0.05) is 38.3 Å². The van der Waals surface area contributed by atoms with Crippen molar-refractivity contribution in [2.24, 2.45) is 5.92 Å². The van der Waals surface area contributed by atoms with Crippen LogP contribution in [0.5, 0.6) is 5.75 Å². The van der Waals surface area contributed by atoms with Gasteiger partial charge in [0.1, 0.15) is 23.2 Å². The van der Waals surface area contributed by atoms with Crippen LogP contribution in [0.25, 0.3) is 11.1 Å². The van der Waals surface area contributed by atoms with E-state index in [0.717, 1.165) is 68.9 Å². The van der Waals surface area contributed by atoms with Gasteiger partial charge in [-0.15, -0.1) is 0 Å². The second-order valence-electron chi connectivity index (χ2n) is 9.71. The highest BCUT2D eigenvalue weighted by atomic mass is 19.4. The zero-order valence-corrected chi connectivity index (χ0v) is 20.5. The molecule has 9 heteroatoms. The lowest BCUT2D eigenvalue weighted by Crippen LogP contribution is -2.23. The van der Waals surface area contributed by atoms with Gasteiger partial charge in [0.2, 0.25) is 0 Å². The third-order valence-electron chi connectivity index (χ3n) is 7.06. The summed E-state index contributed by atoms with van der Waals surface area (Å²) in [5.74, 6) is -3.86. The Kier molecular flexibility index (Phi) is 8.04. The summed E-state index contributed by atoms with van der Waals surface area (Å²) in [7, 11) is 0. The van der Waals surface area contributed by atoms with E-state index in [1.54, 1.807) is 0 Å². The highest BCUT2D eigenvalue weighted by Gasteiger charge is 2.39. The number of hydrogen-bond donors (Lipinski definition) is 0. The third-order valence-corrected chi connectivity index (χ3v) is 7.06. The summed E-state index contributed by atoms with van der Waals surface area (Å²) in [5, 5.41) is 0. The third kappa shape index (κ3) is 6.13. The summed E-state index contributed by atoms with van der Waals surface area (Å²) in [4.78, 5) is 0. The van der Waals surface area contributed by atoms with Gasteiger partial charge in [0.25, 0.3) is 0 Å². The molecule has 0 heterocycles. The Hall–Kier alpha value is -3.10. The highest BCUT2D eigenvalue weighted by Crippen LogP contribution is 2.42. The van der Waals surface area contributed by atoms with Crippen molar-refractivity contribution in [2.45, 2.75) is 63.7 Å². The normalized spacial score (nSPS) is 18.1. The summed E-state index contributed by atoms with van der Waals surface area (Å²) >= 11 is 0. The Morgan fingerprint density at radius 2 is 1.50 bits per heavy atom. The zero-order chi connectivity index (χ0) is 27.7. The molecule has 2 unspecified atom stereocenters. The lowest BCUT2D eigenvalue weighted by atomic mass is 9.93. The average Bonchev–Trinajstić information content (AvgIpc) is 3.30. The van der Waals surface area contributed by atoms with Crippen molar-refractivity contribution in [3.05, 3.63) is 88.7 Å². The van der Waals surface area contributed by atoms with E-state index in [2.05, 4.69) is 11.7 Å². The molecule has 0 aliphatic heterocycles. The molecule has 2 atom stereocenters. The molecule has 0 saturated heterocycles. The largest absolute Gasteiger partial charge is 0.429 e. The van der Waals surface area contributed by atoms with Crippen molar-refractivity contribution in [3.63, 3.8) is 0 Å². The minimum Gasteiger partial charge on any atom is -0.429 e. The first-order valence-electron chi connectivity index (χ1n) is 12.4. The summed E-state index contributed by atoms with van der Waals surface area (Å²) < 4.78 is 116. The number of ether oxygens (including phenoxy) is 1. The van der Waals surface area contributed by atoms with E-state index in [1.165, 1.54) is 6.07 Å². The number of rotatable bonds is 8. The van der Waals surface area contributed by atoms with Gasteiger partial charge in [-0.05, 0) is 78.6 Å². The average molecular weight is 543 g/mol. The van der Waals surface area contributed by atoms with Crippen LogP contribution in [-0.4, -0.2) is 0 Å². The van der Waals surface area contributed by atoms with E-state index in [9.17, 15) is 35.1 Å². The molecular formula is C29H26F8O. The van der Waals surface area contributed by atoms with Crippen molar-refractivity contribution in [1.29, 1.82) is 0 Å². The first kappa shape index (κ1) is 27.9. The van der Waals surface area contributed by atoms with Gasteiger partial charge in [-0.2, -0.15) is 22.0 Å². The minimum atomic E-state index is -4.92. The number of hydrogen-bond acceptors (Lipinski definition) is 1. The maximum atomic E-state index is 14.8. The summed E-state index contributed by atoms with van der Waals surface area (Å²) in [6.07, 6.45) is -2.95. The number of halogens is 8. The predicted molar refractivity (Wildman–Crippen MR) is 127 cm³/mol. The summed E-state index contributed by atoms with van der Waals surface area (Å²) in [5.41, 5.74) is -2.41. The first-order chi connectivity index (χ1) is 17.9. The van der Waals surface area contributed by atoms with Crippen LogP contribution in [0.3, 0.4) is 0 Å². The van der Waals surface area contributed by atoms with Crippen molar-refractivity contribution >= 4 is 0 Å². The van der Waals surface area contributed by atoms with Gasteiger partial charge < -0.3 is 4.74 Å². The Balaban J connectivity index is 1.49. The molecule has 204 valence electrons. The van der Waals surface area contributed by atoms with Crippen LogP contribution in [-0.2, 0) is 12.3 Å². The van der Waals surface area contributed by atoms with Crippen LogP contribution in [0.15, 0.2) is 54.6 Å². The second kappa shape index (κ2) is 10.9. The topological polar surface area (TPSA) is 9.23 Å². The van der Waals surface area contributed by atoms with Gasteiger partial charge >= 0.3 is 12.3 Å². The minimum absolute atomic E-state index is 0.103. The van der Waals surface area contributed by atoms with Crippen molar-refractivity contribution < 1.29 is 39.9 Å². The molecule has 38 heavy (non-hydrogen) atoms. The molecule has 0 aromatic heterocycles. The van der Waals surface area contributed by atoms with Gasteiger partial charge in [0, 0.05) is 11.6 Å². The van der Waals surface area contributed by atoms with Crippen LogP contribution in [0.4, 0.5) is 35.1 Å². The molecule has 0 radical (unpaired) electrons. The molecule has 1 aliphatic carbocycles. The van der Waals surface area contributed by atoms with Crippen LogP contribution in [0.2, 0.25) is 0 Å². The quantitative estimate of drug-likeness (QED) is 0.258. The van der Waals surface area contributed by atoms with Crippen molar-refractivity contribution in [3.8, 4) is 16.9 Å². The van der Waals surface area contributed by atoms with Gasteiger partial charge in [0.15, 0.2) is 0 Å². The van der Waals surface area contributed by atoms with Crippen LogP contribution < -0.4 is 4.74 Å². The van der Waals surface area contributed by atoms with Gasteiger partial charge in [-0.3, -0.25) is 0 Å². The molecule has 0 N–H and O–H groups in total.